The number of urea groups is 1. The van der Waals surface area contributed by atoms with E-state index in [1.54, 1.807) is 104 Å². The number of aryl methyl sites for hydroxylation is 4. The number of methoxy groups -OCH3 is 2. The molecule has 11 amide bonds. The van der Waals surface area contributed by atoms with Gasteiger partial charge in [-0.3, -0.25) is 72.3 Å². The van der Waals surface area contributed by atoms with Crippen LogP contribution in [-0.4, -0.2) is 280 Å². The van der Waals surface area contributed by atoms with E-state index in [4.69, 9.17) is 32.7 Å². The number of aldehydes is 1. The summed E-state index contributed by atoms with van der Waals surface area (Å²) < 4.78 is 57.3. The Bertz CT molecular complexity index is 5350. The quantitative estimate of drug-likeness (QED) is 0.00361. The molecule has 2 aromatic heterocycles. The molecule has 4 saturated heterocycles. The van der Waals surface area contributed by atoms with Crippen LogP contribution in [0.3, 0.4) is 0 Å². The number of imide groups is 4. The number of para-hydroxylation sites is 1. The molecule has 4 N–H and O–H groups in total. The number of Topliss-reactive ketones (excluding diaryl/α,β-unsaturated/α-hetero) is 2. The molecule has 820 valence electrons. The van der Waals surface area contributed by atoms with Crippen molar-refractivity contribution in [1.29, 1.82) is 0 Å². The number of carbonyl (C=O) groups is 18. The first kappa shape index (κ1) is 136. The van der Waals surface area contributed by atoms with Crippen LogP contribution in [0.25, 0.3) is 11.0 Å². The van der Waals surface area contributed by atoms with Crippen molar-refractivity contribution in [2.24, 2.45) is 0 Å². The smallest absolute Gasteiger partial charge is 0.481 e. The number of aromatic nitrogens is 4. The highest BCUT2D eigenvalue weighted by Gasteiger charge is 2.43. The van der Waals surface area contributed by atoms with Gasteiger partial charge in [-0.25, -0.2) is 32.6 Å². The van der Waals surface area contributed by atoms with E-state index in [1.165, 1.54) is 96.1 Å². The van der Waals surface area contributed by atoms with Crippen LogP contribution in [0.2, 0.25) is 6.55 Å². The van der Waals surface area contributed by atoms with Gasteiger partial charge in [0.2, 0.25) is 17.7 Å². The van der Waals surface area contributed by atoms with E-state index in [2.05, 4.69) is 91.5 Å². The van der Waals surface area contributed by atoms with Crippen molar-refractivity contribution in [2.45, 2.75) is 246 Å². The van der Waals surface area contributed by atoms with Crippen LogP contribution in [0.15, 0.2) is 168 Å². The minimum absolute atomic E-state index is 0.0128. The number of ketones is 2. The molecule has 0 saturated carbocycles. The van der Waals surface area contributed by atoms with E-state index in [1.807, 2.05) is 97.1 Å². The summed E-state index contributed by atoms with van der Waals surface area (Å²) in [6, 6.07) is 42.2. The van der Waals surface area contributed by atoms with Gasteiger partial charge in [-0.2, -0.15) is 11.8 Å². The Morgan fingerprint density at radius 1 is 0.577 bits per heavy atom. The van der Waals surface area contributed by atoms with Gasteiger partial charge < -0.3 is 72.5 Å². The number of sulfone groups is 1. The number of thioether (sulfide) groups is 2. The van der Waals surface area contributed by atoms with Crippen LogP contribution in [0.4, 0.5) is 9.59 Å². The summed E-state index contributed by atoms with van der Waals surface area (Å²) >= 11 is 3.07. The van der Waals surface area contributed by atoms with Crippen LogP contribution in [0.5, 0.6) is 0 Å². The van der Waals surface area contributed by atoms with Crippen LogP contribution in [-0.2, 0) is 109 Å². The van der Waals surface area contributed by atoms with Gasteiger partial charge in [0.1, 0.15) is 33.9 Å². The Morgan fingerprint density at radius 3 is 1.48 bits per heavy atom. The third kappa shape index (κ3) is 58.9. The zero-order valence-corrected chi connectivity index (χ0v) is 92.7. The second kappa shape index (κ2) is 77.1. The summed E-state index contributed by atoms with van der Waals surface area (Å²) in [5.41, 5.74) is 7.99. The zero-order chi connectivity index (χ0) is 113. The number of ether oxygens (including phenoxy) is 4. The number of benzene rings is 5. The van der Waals surface area contributed by atoms with Gasteiger partial charge in [0.25, 0.3) is 35.4 Å². The minimum atomic E-state index is -3.02. The van der Waals surface area contributed by atoms with Crippen molar-refractivity contribution in [2.75, 3.05) is 87.5 Å². The highest BCUT2D eigenvalue weighted by atomic mass is 32.2. The van der Waals surface area contributed by atoms with Crippen LogP contribution < -0.4 is 20.8 Å². The maximum absolute atomic E-state index is 11.3. The summed E-state index contributed by atoms with van der Waals surface area (Å²) in [4.78, 5) is 210. The van der Waals surface area contributed by atoms with Gasteiger partial charge in [-0.15, -0.1) is 10.2 Å². The predicted molar refractivity (Wildman–Crippen MR) is 564 cm³/mol. The third-order valence-corrected chi connectivity index (χ3v) is 25.7. The van der Waals surface area contributed by atoms with Gasteiger partial charge >= 0.3 is 38.9 Å². The van der Waals surface area contributed by atoms with E-state index in [0.717, 1.165) is 94.4 Å². The summed E-state index contributed by atoms with van der Waals surface area (Å²) in [5.74, 6) is -2.66. The van der Waals surface area contributed by atoms with E-state index < -0.39 is 48.6 Å². The third-order valence-electron chi connectivity index (χ3n) is 19.9. The standard InChI is InChI=1S/C11H19N3O2S.C10H13NO5.C9H7NO2.C9H12.C8H7N3O3.C8H10O2S.C8H8O2.C7H7NOS.C7H18O3Si.C7H16O2.C6H10O3.C5H7NO2.C5H5NO2.C4H8O/c1-12-9(15)5-3-2-4-8-10-7(6-17-8)13-11(16)14-10;1-7(12)3-2-4-10(15)16-11-8(13)5-6-9(11)14;1-10-8(11)6-4-2-3-5-7(6)9(10)12;1-7-4-8(2)6-9(3)5-7;1-13-8(12)14-11-7-5-3-2-4-6(7)9-10-11;1-7-3-5-8(6-4-7)11(2,9)10;1-10-8(9)7-5-3-2-4-6-7;1-6(9)10-7-4-2-3-5-8-7;1-5-8-11(4,9-6-2)10-7-3;1-4-7(8-5-2)9-6-3;1-5(7)3-2-4-6(8)9;2*1-6-4(7)2-3-5(6)8;1-2-3-4-5/h7-8,10H,2-6H2,1H3,(H,12,15)(H2,13,14,16);2-6H2,1H3;2-5H,1H3;4-6H,1-3H3;2-5H,1H3;3-6H,1-2H3;2-6H,1H3;2-5H,1H3;5-7H2,1-4H3;7H,4-6H2,1-3H3;2-4H2,1H3,(H,8,9);2-3H2,1H3;2-3H,1H3;4H,2-3H2,1H3/t7-,8?,10-;;;;;;;;;;;;;/m1............./s1. The molecule has 0 radical (unpaired) electrons. The summed E-state index contributed by atoms with van der Waals surface area (Å²) in [6.07, 6.45) is 14.3. The second-order valence-electron chi connectivity index (χ2n) is 32.5. The van der Waals surface area contributed by atoms with Crippen LogP contribution >= 0.6 is 23.5 Å². The summed E-state index contributed by atoms with van der Waals surface area (Å²) in [6.45, 7) is 31.9. The number of likely N-dealkylation sites (N-methyl/N-ethyl adjacent to an activating group) is 1. The average molecular weight is 2160 g/mol. The lowest BCUT2D eigenvalue weighted by molar-refractivity contribution is -0.197. The molecule has 1 unspecified atom stereocenters. The van der Waals surface area contributed by atoms with Gasteiger partial charge in [-0.05, 0) is 192 Å². The fourth-order valence-electron chi connectivity index (χ4n) is 12.6. The number of aliphatic carboxylic acids is 1. The van der Waals surface area contributed by atoms with Crippen LogP contribution in [0.1, 0.15) is 232 Å². The van der Waals surface area contributed by atoms with E-state index in [9.17, 15) is 94.7 Å². The van der Waals surface area contributed by atoms with E-state index >= 15 is 0 Å². The largest absolute Gasteiger partial charge is 0.534 e. The van der Waals surface area contributed by atoms with Crippen molar-refractivity contribution in [3.63, 3.8) is 0 Å². The lowest BCUT2D eigenvalue weighted by Crippen LogP contribution is -2.42. The first-order valence-corrected chi connectivity index (χ1v) is 54.1. The molecule has 41 nitrogen and oxygen atoms in total. The molecule has 0 bridgehead atoms. The van der Waals surface area contributed by atoms with Crippen molar-refractivity contribution in [3.05, 3.63) is 197 Å². The number of esters is 1. The molecule has 3 atom stereocenters. The number of nitrogens with zero attached hydrogens (tertiary/aromatic N) is 8. The SMILES string of the molecule is CC(=O)CCCC(=O)O.CC(=O)CCCC(=O)ON1C(=O)CCC1=O.CC(=O)Sc1ccccn1.CCCC=O.CCOC(CC)OCC.CCO[Si](C)(OCC)OCC.CN1C(=O)C=CC1=O.CN1C(=O)CCC1=O.CN1C(=O)c2ccccc2C1=O.CNC(=O)CCCCC1SC[C@H]2NC(=O)N[C@@H]12.COC(=O)On1nnc2ccccc21.COC(=O)c1ccccc1.Cc1cc(C)cc(C)c1.Cc1ccc(S(C)(=O)=O)cc1. The van der Waals surface area contributed by atoms with Crippen LogP contribution in [0, 0.1) is 27.7 Å². The Morgan fingerprint density at radius 2 is 1.07 bits per heavy atom. The molecular formula is C104H147N11O30S3Si. The highest BCUT2D eigenvalue weighted by molar-refractivity contribution is 8.13. The number of carboxylic acid groups (broad SMARTS) is 1. The number of unbranched alkanes of at least 4 members (excludes halogenated alkanes) is 2. The maximum atomic E-state index is 11.3. The molecule has 45 heteroatoms. The number of rotatable bonds is 31. The van der Waals surface area contributed by atoms with Gasteiger partial charge in [-0.1, -0.05) is 126 Å². The Balaban J connectivity index is 0.00000160. The number of pyridine rings is 1. The predicted octanol–water partition coefficient (Wildman–Crippen LogP) is 14.1. The number of hydrogen-bond acceptors (Lipinski definition) is 34. The van der Waals surface area contributed by atoms with Crippen molar-refractivity contribution < 1.29 is 142 Å². The number of hydroxylamine groups is 2. The Hall–Kier alpha value is -13.3. The highest BCUT2D eigenvalue weighted by Crippen LogP contribution is 2.33. The molecule has 13 rings (SSSR count). The van der Waals surface area contributed by atoms with Gasteiger partial charge in [0.05, 0.1) is 47.9 Å². The molecule has 5 aromatic carbocycles. The number of amides is 11. The fourth-order valence-corrected chi connectivity index (χ4v) is 17.1. The molecule has 0 aliphatic carbocycles. The Labute approximate surface area is 882 Å². The average Bonchev–Trinajstić information content (AvgIpc) is 1.65. The number of fused-ring (bicyclic) bond motifs is 3. The fraction of sp³-hybridized carbons (Fsp3) is 0.471. The lowest BCUT2D eigenvalue weighted by atomic mass is 10.0. The monoisotopic (exact) mass is 2150 g/mol. The molecule has 149 heavy (non-hydrogen) atoms. The molecule has 0 spiro atoms. The molecule has 4 fully saturated rings. The molecule has 8 heterocycles. The molecule has 6 aliphatic rings. The van der Waals surface area contributed by atoms with E-state index in [0.29, 0.717) is 114 Å². The number of carbonyl (C=O) groups excluding carboxylic acids is 17. The summed E-state index contributed by atoms with van der Waals surface area (Å²) in [7, 11) is 3.44. The maximum Gasteiger partial charge on any atom is 0.534 e. The summed E-state index contributed by atoms with van der Waals surface area (Å²) in [5, 5.41) is 25.9. The van der Waals surface area contributed by atoms with Crippen molar-refractivity contribution in [3.8, 4) is 0 Å². The number of hydrogen-bond donors (Lipinski definition) is 4. The minimum Gasteiger partial charge on any atom is -0.481 e. The first-order valence-electron chi connectivity index (χ1n) is 48.1. The Kier molecular flexibility index (Phi) is 70.3. The molecule has 7 aromatic rings. The van der Waals surface area contributed by atoms with Gasteiger partial charge in [0.15, 0.2) is 21.2 Å². The first-order chi connectivity index (χ1) is 70.5. The van der Waals surface area contributed by atoms with E-state index in [-0.39, 0.29) is 114 Å². The normalized spacial score (nSPS) is 14.4. The number of carboxylic acids is 1. The lowest BCUT2D eigenvalue weighted by Gasteiger charge is -2.23. The topological polar surface area (TPSA) is 537 Å². The molecular weight excluding hydrogens is 2010 g/mol. The second-order valence-corrected chi connectivity index (χ2v) is 39.5. The molecule has 6 aliphatic heterocycles. The zero-order valence-electron chi connectivity index (χ0n) is 89.3. The van der Waals surface area contributed by atoms with Crippen molar-refractivity contribution >= 4 is 159 Å². The van der Waals surface area contributed by atoms with Gasteiger partial charge in [0, 0.05) is 175 Å². The van der Waals surface area contributed by atoms with Crippen molar-refractivity contribution in [1.82, 2.24) is 55.9 Å². The number of nitrogens with one attached hydrogen (secondary N) is 3. The number of likely N-dealkylation sites (tertiary alicyclic amines) is 1.